The van der Waals surface area contributed by atoms with Gasteiger partial charge in [0.2, 0.25) is 0 Å². The number of carbonyl (C=O) groups excluding carboxylic acids is 2. The van der Waals surface area contributed by atoms with E-state index in [4.69, 9.17) is 20.8 Å². The van der Waals surface area contributed by atoms with Crippen LogP contribution in [0.4, 0.5) is 0 Å². The van der Waals surface area contributed by atoms with Crippen LogP contribution in [0.5, 0.6) is 11.5 Å². The third-order valence-electron chi connectivity index (χ3n) is 6.01. The Morgan fingerprint density at radius 2 is 1.89 bits per heavy atom. The van der Waals surface area contributed by atoms with Crippen molar-refractivity contribution in [2.45, 2.75) is 38.8 Å². The van der Waals surface area contributed by atoms with Gasteiger partial charge in [0.25, 0.3) is 11.7 Å². The molecule has 1 aromatic heterocycles. The molecule has 0 bridgehead atoms. The molecule has 0 radical (unpaired) electrons. The molecule has 2 N–H and O–H groups in total. The van der Waals surface area contributed by atoms with Crippen LogP contribution in [0.25, 0.3) is 5.76 Å². The highest BCUT2D eigenvalue weighted by molar-refractivity contribution is 6.46. The molecular formula is C27H26ClNO6. The van der Waals surface area contributed by atoms with Crippen molar-refractivity contribution < 1.29 is 29.0 Å². The third-order valence-corrected chi connectivity index (χ3v) is 6.32. The number of methoxy groups -OCH3 is 1. The summed E-state index contributed by atoms with van der Waals surface area (Å²) in [6.07, 6.45) is 1.48. The minimum Gasteiger partial charge on any atom is -0.507 e. The maximum absolute atomic E-state index is 13.3. The first-order valence-corrected chi connectivity index (χ1v) is 11.4. The van der Waals surface area contributed by atoms with Crippen molar-refractivity contribution in [1.82, 2.24) is 4.90 Å². The number of ketones is 1. The number of nitrogens with zero attached hydrogens (tertiary/aromatic N) is 1. The summed E-state index contributed by atoms with van der Waals surface area (Å²) in [7, 11) is 1.57. The first-order chi connectivity index (χ1) is 16.5. The van der Waals surface area contributed by atoms with E-state index in [0.29, 0.717) is 22.6 Å². The molecule has 0 spiro atoms. The van der Waals surface area contributed by atoms with Gasteiger partial charge in [-0.1, -0.05) is 38.4 Å². The van der Waals surface area contributed by atoms with E-state index in [1.807, 2.05) is 20.8 Å². The number of rotatable bonds is 5. The molecule has 2 heterocycles. The fourth-order valence-corrected chi connectivity index (χ4v) is 4.44. The highest BCUT2D eigenvalue weighted by Gasteiger charge is 2.46. The van der Waals surface area contributed by atoms with Crippen LogP contribution in [-0.2, 0) is 21.5 Å². The quantitative estimate of drug-likeness (QED) is 0.273. The van der Waals surface area contributed by atoms with Gasteiger partial charge in [0.05, 0.1) is 36.6 Å². The van der Waals surface area contributed by atoms with Gasteiger partial charge in [-0.25, -0.2) is 0 Å². The van der Waals surface area contributed by atoms with E-state index in [2.05, 4.69) is 0 Å². The summed E-state index contributed by atoms with van der Waals surface area (Å²) < 4.78 is 10.9. The summed E-state index contributed by atoms with van der Waals surface area (Å²) in [6.45, 7) is 6.04. The summed E-state index contributed by atoms with van der Waals surface area (Å²) >= 11 is 6.15. The van der Waals surface area contributed by atoms with E-state index < -0.39 is 17.7 Å². The Balaban J connectivity index is 1.91. The average Bonchev–Trinajstić information content (AvgIpc) is 3.42. The SMILES string of the molecule is COc1ccc(/C(O)=C2/C(=O)C(=O)N(Cc3ccco3)C2c2ccc(O)c(Cl)c2)cc1C(C)(C)C. The molecule has 1 fully saturated rings. The van der Waals surface area contributed by atoms with Crippen molar-refractivity contribution in [3.63, 3.8) is 0 Å². The maximum Gasteiger partial charge on any atom is 0.296 e. The number of aromatic hydroxyl groups is 1. The second-order valence-electron chi connectivity index (χ2n) is 9.38. The Morgan fingerprint density at radius 1 is 1.14 bits per heavy atom. The van der Waals surface area contributed by atoms with Gasteiger partial charge in [-0.15, -0.1) is 0 Å². The number of likely N-dealkylation sites (tertiary alicyclic amines) is 1. The average molecular weight is 496 g/mol. The van der Waals surface area contributed by atoms with Crippen molar-refractivity contribution in [2.24, 2.45) is 0 Å². The fraction of sp³-hybridized carbons (Fsp3) is 0.259. The molecule has 1 aliphatic heterocycles. The van der Waals surface area contributed by atoms with Gasteiger partial charge >= 0.3 is 0 Å². The van der Waals surface area contributed by atoms with Gasteiger partial charge in [-0.05, 0) is 53.4 Å². The van der Waals surface area contributed by atoms with Crippen LogP contribution in [0.15, 0.2) is 64.8 Å². The Kier molecular flexibility index (Phi) is 6.38. The largest absolute Gasteiger partial charge is 0.507 e. The number of furan rings is 1. The Labute approximate surface area is 208 Å². The monoisotopic (exact) mass is 495 g/mol. The smallest absolute Gasteiger partial charge is 0.296 e. The van der Waals surface area contributed by atoms with E-state index in [1.54, 1.807) is 43.5 Å². The van der Waals surface area contributed by atoms with Crippen LogP contribution >= 0.6 is 11.6 Å². The number of aliphatic hydroxyl groups is 1. The number of Topliss-reactive ketones (excluding diaryl/α,β-unsaturated/α-hetero) is 1. The summed E-state index contributed by atoms with van der Waals surface area (Å²) in [6, 6.07) is 12.0. The molecule has 1 amide bonds. The maximum atomic E-state index is 13.3. The van der Waals surface area contributed by atoms with Crippen molar-refractivity contribution in [1.29, 1.82) is 0 Å². The molecule has 1 atom stereocenters. The van der Waals surface area contributed by atoms with E-state index in [9.17, 15) is 19.8 Å². The lowest BCUT2D eigenvalue weighted by atomic mass is 9.84. The minimum absolute atomic E-state index is 0.00731. The molecule has 7 nitrogen and oxygen atoms in total. The molecule has 4 rings (SSSR count). The molecule has 2 aromatic carbocycles. The number of hydrogen-bond donors (Lipinski definition) is 2. The molecule has 1 saturated heterocycles. The summed E-state index contributed by atoms with van der Waals surface area (Å²) in [5, 5.41) is 21.4. The predicted octanol–water partition coefficient (Wildman–Crippen LogP) is 5.57. The lowest BCUT2D eigenvalue weighted by Gasteiger charge is -2.25. The standard InChI is InChI=1S/C27H26ClNO6/c1-27(2,3)18-12-16(8-10-21(18)34-4)24(31)22-23(15-7-9-20(30)19(28)13-15)29(26(33)25(22)32)14-17-6-5-11-35-17/h5-13,23,30-31H,14H2,1-4H3/b24-22-. The summed E-state index contributed by atoms with van der Waals surface area (Å²) in [5.74, 6) is -0.926. The number of carbonyl (C=O) groups is 2. The van der Waals surface area contributed by atoms with Crippen LogP contribution in [0.3, 0.4) is 0 Å². The Hall–Kier alpha value is -3.71. The summed E-state index contributed by atoms with van der Waals surface area (Å²) in [4.78, 5) is 27.7. The second-order valence-corrected chi connectivity index (χ2v) is 9.79. The first-order valence-electron chi connectivity index (χ1n) is 11.0. The fourth-order valence-electron chi connectivity index (χ4n) is 4.25. The predicted molar refractivity (Wildman–Crippen MR) is 131 cm³/mol. The molecular weight excluding hydrogens is 470 g/mol. The molecule has 1 unspecified atom stereocenters. The highest BCUT2D eigenvalue weighted by Crippen LogP contribution is 2.43. The number of phenols is 1. The molecule has 182 valence electrons. The van der Waals surface area contributed by atoms with Gasteiger partial charge in [-0.2, -0.15) is 0 Å². The van der Waals surface area contributed by atoms with E-state index >= 15 is 0 Å². The number of halogens is 1. The van der Waals surface area contributed by atoms with Gasteiger partial charge in [-0.3, -0.25) is 9.59 Å². The molecule has 35 heavy (non-hydrogen) atoms. The molecule has 8 heteroatoms. The van der Waals surface area contributed by atoms with Crippen LogP contribution in [0.1, 0.15) is 49.3 Å². The van der Waals surface area contributed by atoms with Gasteiger partial charge in [0, 0.05) is 11.1 Å². The van der Waals surface area contributed by atoms with Crippen molar-refractivity contribution in [2.75, 3.05) is 7.11 Å². The van der Waals surface area contributed by atoms with E-state index in [0.717, 1.165) is 5.56 Å². The Morgan fingerprint density at radius 3 is 2.49 bits per heavy atom. The van der Waals surface area contributed by atoms with Gasteiger partial charge in [0.15, 0.2) is 0 Å². The van der Waals surface area contributed by atoms with Crippen molar-refractivity contribution in [3.05, 3.63) is 87.8 Å². The van der Waals surface area contributed by atoms with Crippen molar-refractivity contribution in [3.8, 4) is 11.5 Å². The topological polar surface area (TPSA) is 100 Å². The third kappa shape index (κ3) is 4.51. The lowest BCUT2D eigenvalue weighted by molar-refractivity contribution is -0.140. The molecule has 1 aliphatic rings. The lowest BCUT2D eigenvalue weighted by Crippen LogP contribution is -2.29. The minimum atomic E-state index is -0.946. The number of amides is 1. The molecule has 0 saturated carbocycles. The van der Waals surface area contributed by atoms with Crippen molar-refractivity contribution >= 4 is 29.1 Å². The van der Waals surface area contributed by atoms with Crippen LogP contribution < -0.4 is 4.74 Å². The van der Waals surface area contributed by atoms with Crippen LogP contribution in [0.2, 0.25) is 5.02 Å². The zero-order valence-corrected chi connectivity index (χ0v) is 20.6. The summed E-state index contributed by atoms with van der Waals surface area (Å²) in [5.41, 5.74) is 1.29. The highest BCUT2D eigenvalue weighted by atomic mass is 35.5. The normalized spacial score (nSPS) is 17.7. The van der Waals surface area contributed by atoms with Gasteiger partial charge in [0.1, 0.15) is 23.0 Å². The molecule has 3 aromatic rings. The second kappa shape index (κ2) is 9.15. The first kappa shape index (κ1) is 24.4. The van der Waals surface area contributed by atoms with Crippen LogP contribution in [-0.4, -0.2) is 33.9 Å². The van der Waals surface area contributed by atoms with E-state index in [1.165, 1.54) is 23.3 Å². The molecule has 0 aliphatic carbocycles. The van der Waals surface area contributed by atoms with Gasteiger partial charge < -0.3 is 24.3 Å². The Bertz CT molecular complexity index is 1320. The number of phenolic OH excluding ortho intramolecular Hbond substituents is 1. The number of ether oxygens (including phenoxy) is 1. The zero-order chi connectivity index (χ0) is 25.5. The van der Waals surface area contributed by atoms with Crippen LogP contribution in [0, 0.1) is 0 Å². The number of hydrogen-bond acceptors (Lipinski definition) is 6. The zero-order valence-electron chi connectivity index (χ0n) is 19.8. The number of benzene rings is 2. The number of aliphatic hydroxyl groups excluding tert-OH is 1. The van der Waals surface area contributed by atoms with E-state index in [-0.39, 0.29) is 34.1 Å².